The van der Waals surface area contributed by atoms with E-state index in [2.05, 4.69) is 16.0 Å². The molecule has 0 saturated heterocycles. The van der Waals surface area contributed by atoms with E-state index < -0.39 is 29.7 Å². The van der Waals surface area contributed by atoms with Gasteiger partial charge in [-0.3, -0.25) is 14.4 Å². The number of aliphatic hydroxyl groups excluding tert-OH is 1. The van der Waals surface area contributed by atoms with Gasteiger partial charge in [-0.25, -0.2) is 0 Å². The van der Waals surface area contributed by atoms with Gasteiger partial charge >= 0.3 is 18.0 Å². The van der Waals surface area contributed by atoms with Crippen LogP contribution in [0.3, 0.4) is 0 Å². The molecule has 29 heavy (non-hydrogen) atoms. The minimum atomic E-state index is -4.49. The lowest BCUT2D eigenvalue weighted by atomic mass is 10.1. The van der Waals surface area contributed by atoms with E-state index in [4.69, 9.17) is 0 Å². The van der Waals surface area contributed by atoms with Gasteiger partial charge in [-0.2, -0.15) is 13.2 Å². The molecule has 2 rings (SSSR count). The largest absolute Gasteiger partial charge is 0.416 e. The zero-order chi connectivity index (χ0) is 21.6. The van der Waals surface area contributed by atoms with Gasteiger partial charge in [0, 0.05) is 24.8 Å². The molecule has 7 nitrogen and oxygen atoms in total. The van der Waals surface area contributed by atoms with Crippen LogP contribution in [0, 0.1) is 0 Å². The summed E-state index contributed by atoms with van der Waals surface area (Å²) in [5, 5.41) is 17.1. The molecular weight excluding hydrogens is 391 g/mol. The SMILES string of the molecule is CC(=O)Nc1ccc(NC(=O)C(=O)NCC(O)c2ccc(C(F)(F)F)cc2)cc1. The summed E-state index contributed by atoms with van der Waals surface area (Å²) in [4.78, 5) is 34.7. The van der Waals surface area contributed by atoms with E-state index >= 15 is 0 Å². The Morgan fingerprint density at radius 1 is 0.897 bits per heavy atom. The Morgan fingerprint density at radius 3 is 1.90 bits per heavy atom. The van der Waals surface area contributed by atoms with Crippen molar-refractivity contribution in [1.82, 2.24) is 5.32 Å². The highest BCUT2D eigenvalue weighted by molar-refractivity contribution is 6.39. The van der Waals surface area contributed by atoms with Crippen molar-refractivity contribution >= 4 is 29.1 Å². The van der Waals surface area contributed by atoms with Crippen LogP contribution in [0.5, 0.6) is 0 Å². The summed E-state index contributed by atoms with van der Waals surface area (Å²) >= 11 is 0. The standard InChI is InChI=1S/C19H18F3N3O4/c1-11(26)24-14-6-8-15(9-7-14)25-18(29)17(28)23-10-16(27)12-2-4-13(5-3-12)19(20,21)22/h2-9,16,27H,10H2,1H3,(H,23,28)(H,24,26)(H,25,29). The molecule has 0 spiro atoms. The van der Waals surface area contributed by atoms with E-state index in [0.29, 0.717) is 11.4 Å². The molecule has 2 aromatic carbocycles. The van der Waals surface area contributed by atoms with Gasteiger partial charge in [-0.15, -0.1) is 0 Å². The van der Waals surface area contributed by atoms with E-state index in [1.807, 2.05) is 0 Å². The number of anilines is 2. The molecule has 0 saturated carbocycles. The van der Waals surface area contributed by atoms with Crippen LogP contribution < -0.4 is 16.0 Å². The molecule has 0 radical (unpaired) electrons. The Kier molecular flexibility index (Phi) is 6.94. The fourth-order valence-electron chi connectivity index (χ4n) is 2.31. The number of aliphatic hydroxyl groups is 1. The fraction of sp³-hybridized carbons (Fsp3) is 0.211. The van der Waals surface area contributed by atoms with Crippen LogP contribution in [-0.4, -0.2) is 29.4 Å². The first-order valence-corrected chi connectivity index (χ1v) is 8.38. The van der Waals surface area contributed by atoms with E-state index in [-0.39, 0.29) is 18.0 Å². The van der Waals surface area contributed by atoms with Crippen molar-refractivity contribution in [3.63, 3.8) is 0 Å². The highest BCUT2D eigenvalue weighted by Gasteiger charge is 2.30. The summed E-state index contributed by atoms with van der Waals surface area (Å²) < 4.78 is 37.6. The number of halogens is 3. The van der Waals surface area contributed by atoms with E-state index in [9.17, 15) is 32.7 Å². The van der Waals surface area contributed by atoms with Gasteiger partial charge < -0.3 is 21.1 Å². The first-order chi connectivity index (χ1) is 13.6. The summed E-state index contributed by atoms with van der Waals surface area (Å²) in [5.74, 6) is -2.27. The molecule has 1 unspecified atom stereocenters. The van der Waals surface area contributed by atoms with E-state index in [1.165, 1.54) is 31.2 Å². The second kappa shape index (κ2) is 9.20. The average Bonchev–Trinajstić information content (AvgIpc) is 2.66. The second-order valence-electron chi connectivity index (χ2n) is 6.06. The van der Waals surface area contributed by atoms with Crippen molar-refractivity contribution in [3.05, 3.63) is 59.7 Å². The molecule has 154 valence electrons. The number of benzene rings is 2. The molecule has 3 amide bonds. The number of rotatable bonds is 5. The molecule has 0 aliphatic heterocycles. The Balaban J connectivity index is 1.86. The predicted octanol–water partition coefficient (Wildman–Crippen LogP) is 2.45. The lowest BCUT2D eigenvalue weighted by Gasteiger charge is -2.13. The van der Waals surface area contributed by atoms with E-state index in [0.717, 1.165) is 24.3 Å². The maximum absolute atomic E-state index is 12.5. The molecule has 0 aliphatic carbocycles. The van der Waals surface area contributed by atoms with Gasteiger partial charge in [-0.05, 0) is 42.0 Å². The fourth-order valence-corrected chi connectivity index (χ4v) is 2.31. The summed E-state index contributed by atoms with van der Waals surface area (Å²) in [6.45, 7) is 0.984. The lowest BCUT2D eigenvalue weighted by molar-refractivity contribution is -0.137. The Hall–Kier alpha value is -3.40. The zero-order valence-electron chi connectivity index (χ0n) is 15.2. The van der Waals surface area contributed by atoms with Crippen molar-refractivity contribution in [3.8, 4) is 0 Å². The van der Waals surface area contributed by atoms with Crippen molar-refractivity contribution in [2.75, 3.05) is 17.2 Å². The number of amides is 3. The third-order valence-electron chi connectivity index (χ3n) is 3.75. The Bertz CT molecular complexity index is 881. The Labute approximate surface area is 163 Å². The van der Waals surface area contributed by atoms with Crippen LogP contribution in [0.15, 0.2) is 48.5 Å². The number of hydrogen-bond donors (Lipinski definition) is 4. The van der Waals surface area contributed by atoms with Crippen molar-refractivity contribution in [2.24, 2.45) is 0 Å². The lowest BCUT2D eigenvalue weighted by Crippen LogP contribution is -2.37. The van der Waals surface area contributed by atoms with Crippen molar-refractivity contribution < 1.29 is 32.7 Å². The first kappa shape index (κ1) is 21.9. The number of hydrogen-bond acceptors (Lipinski definition) is 4. The quantitative estimate of drug-likeness (QED) is 0.569. The Morgan fingerprint density at radius 2 is 1.41 bits per heavy atom. The zero-order valence-corrected chi connectivity index (χ0v) is 15.2. The van der Waals surface area contributed by atoms with Crippen LogP contribution >= 0.6 is 0 Å². The summed E-state index contributed by atoms with van der Waals surface area (Å²) in [6.07, 6.45) is -5.78. The van der Waals surface area contributed by atoms with Gasteiger partial charge in [0.15, 0.2) is 0 Å². The van der Waals surface area contributed by atoms with Crippen molar-refractivity contribution in [2.45, 2.75) is 19.2 Å². The van der Waals surface area contributed by atoms with Crippen LogP contribution in [0.2, 0.25) is 0 Å². The second-order valence-corrected chi connectivity index (χ2v) is 6.06. The molecule has 2 aromatic rings. The maximum Gasteiger partial charge on any atom is 0.416 e. The predicted molar refractivity (Wildman–Crippen MR) is 98.8 cm³/mol. The minimum Gasteiger partial charge on any atom is -0.387 e. The van der Waals surface area contributed by atoms with Crippen LogP contribution in [0.4, 0.5) is 24.5 Å². The summed E-state index contributed by atoms with van der Waals surface area (Å²) in [7, 11) is 0. The normalized spacial score (nSPS) is 12.0. The van der Waals surface area contributed by atoms with Gasteiger partial charge in [0.2, 0.25) is 5.91 Å². The minimum absolute atomic E-state index is 0.160. The maximum atomic E-state index is 12.5. The number of carbonyl (C=O) groups excluding carboxylic acids is 3. The van der Waals surface area contributed by atoms with Gasteiger partial charge in [0.1, 0.15) is 0 Å². The highest BCUT2D eigenvalue weighted by atomic mass is 19.4. The third-order valence-corrected chi connectivity index (χ3v) is 3.75. The number of nitrogens with one attached hydrogen (secondary N) is 3. The van der Waals surface area contributed by atoms with E-state index in [1.54, 1.807) is 0 Å². The monoisotopic (exact) mass is 409 g/mol. The highest BCUT2D eigenvalue weighted by Crippen LogP contribution is 2.29. The average molecular weight is 409 g/mol. The molecule has 0 heterocycles. The van der Waals surface area contributed by atoms with Crippen LogP contribution in [-0.2, 0) is 20.6 Å². The smallest absolute Gasteiger partial charge is 0.387 e. The first-order valence-electron chi connectivity index (χ1n) is 8.38. The molecular formula is C19H18F3N3O4. The molecule has 1 atom stereocenters. The van der Waals surface area contributed by atoms with Crippen LogP contribution in [0.25, 0.3) is 0 Å². The summed E-state index contributed by atoms with van der Waals surface area (Å²) in [5.41, 5.74) is 0.121. The summed E-state index contributed by atoms with van der Waals surface area (Å²) in [6, 6.07) is 9.84. The van der Waals surface area contributed by atoms with Crippen LogP contribution in [0.1, 0.15) is 24.2 Å². The molecule has 10 heteroatoms. The molecule has 0 fully saturated rings. The molecule has 0 aliphatic rings. The van der Waals surface area contributed by atoms with Crippen molar-refractivity contribution in [1.29, 1.82) is 0 Å². The molecule has 0 bridgehead atoms. The number of carbonyl (C=O) groups is 3. The third kappa shape index (κ3) is 6.61. The molecule has 0 aromatic heterocycles. The topological polar surface area (TPSA) is 108 Å². The number of alkyl halides is 3. The van der Waals surface area contributed by atoms with Gasteiger partial charge in [-0.1, -0.05) is 12.1 Å². The molecule has 4 N–H and O–H groups in total. The van der Waals surface area contributed by atoms with Gasteiger partial charge in [0.05, 0.1) is 11.7 Å². The van der Waals surface area contributed by atoms with Gasteiger partial charge in [0.25, 0.3) is 0 Å².